The van der Waals surface area contributed by atoms with Crippen molar-refractivity contribution >= 4 is 0 Å². The number of rotatable bonds is 6. The third-order valence-corrected chi connectivity index (χ3v) is 2.53. The molecule has 100 valence electrons. The van der Waals surface area contributed by atoms with Crippen LogP contribution in [0.3, 0.4) is 0 Å². The first-order chi connectivity index (χ1) is 8.40. The lowest BCUT2D eigenvalue weighted by atomic mass is 10.1. The van der Waals surface area contributed by atoms with Crippen LogP contribution in [0.1, 0.15) is 38.8 Å². The van der Waals surface area contributed by atoms with Gasteiger partial charge in [-0.25, -0.2) is 0 Å². The maximum atomic E-state index is 5.66. The van der Waals surface area contributed by atoms with E-state index in [4.69, 9.17) is 4.74 Å². The SMILES string of the molecule is C=C(CNCc1ccc(CC)cc1)OC(C)(C)C. The lowest BCUT2D eigenvalue weighted by Crippen LogP contribution is -2.24. The van der Waals surface area contributed by atoms with E-state index in [1.54, 1.807) is 0 Å². The van der Waals surface area contributed by atoms with E-state index in [1.165, 1.54) is 11.1 Å². The molecule has 0 unspecified atom stereocenters. The highest BCUT2D eigenvalue weighted by atomic mass is 16.5. The fourth-order valence-corrected chi connectivity index (χ4v) is 1.71. The molecule has 0 bridgehead atoms. The second kappa shape index (κ2) is 6.60. The molecule has 2 heteroatoms. The lowest BCUT2D eigenvalue weighted by molar-refractivity contribution is 0.0499. The van der Waals surface area contributed by atoms with Crippen molar-refractivity contribution in [2.24, 2.45) is 0 Å². The number of ether oxygens (including phenoxy) is 1. The van der Waals surface area contributed by atoms with E-state index in [0.29, 0.717) is 6.54 Å². The second-order valence-corrected chi connectivity index (χ2v) is 5.53. The second-order valence-electron chi connectivity index (χ2n) is 5.53. The summed E-state index contributed by atoms with van der Waals surface area (Å²) in [5.41, 5.74) is 2.50. The average Bonchev–Trinajstić information content (AvgIpc) is 2.27. The van der Waals surface area contributed by atoms with Crippen LogP contribution in [0, 0.1) is 0 Å². The highest BCUT2D eigenvalue weighted by Crippen LogP contribution is 2.11. The molecule has 0 aromatic heterocycles. The van der Waals surface area contributed by atoms with Gasteiger partial charge in [0.05, 0.1) is 6.54 Å². The minimum Gasteiger partial charge on any atom is -0.492 e. The molecule has 0 heterocycles. The van der Waals surface area contributed by atoms with Gasteiger partial charge in [-0.3, -0.25) is 0 Å². The van der Waals surface area contributed by atoms with Gasteiger partial charge in [-0.2, -0.15) is 0 Å². The van der Waals surface area contributed by atoms with Crippen LogP contribution in [0.2, 0.25) is 0 Å². The van der Waals surface area contributed by atoms with Gasteiger partial charge in [-0.15, -0.1) is 0 Å². The van der Waals surface area contributed by atoms with Gasteiger partial charge in [0.1, 0.15) is 11.4 Å². The fourth-order valence-electron chi connectivity index (χ4n) is 1.71. The smallest absolute Gasteiger partial charge is 0.103 e. The van der Waals surface area contributed by atoms with E-state index in [9.17, 15) is 0 Å². The molecule has 0 saturated carbocycles. The first-order valence-corrected chi connectivity index (χ1v) is 6.56. The molecule has 1 rings (SSSR count). The summed E-state index contributed by atoms with van der Waals surface area (Å²) in [5, 5.41) is 3.34. The molecule has 0 fully saturated rings. The summed E-state index contributed by atoms with van der Waals surface area (Å²) in [6, 6.07) is 8.69. The topological polar surface area (TPSA) is 21.3 Å². The maximum Gasteiger partial charge on any atom is 0.103 e. The van der Waals surface area contributed by atoms with Crippen LogP contribution in [0.25, 0.3) is 0 Å². The number of nitrogens with one attached hydrogen (secondary N) is 1. The van der Waals surface area contributed by atoms with Gasteiger partial charge in [0.25, 0.3) is 0 Å². The molecular weight excluding hydrogens is 222 g/mol. The molecule has 0 atom stereocenters. The summed E-state index contributed by atoms with van der Waals surface area (Å²) < 4.78 is 5.66. The van der Waals surface area contributed by atoms with Gasteiger partial charge < -0.3 is 10.1 Å². The van der Waals surface area contributed by atoms with Crippen LogP contribution < -0.4 is 5.32 Å². The summed E-state index contributed by atoms with van der Waals surface area (Å²) in [6.07, 6.45) is 1.09. The van der Waals surface area contributed by atoms with Crippen molar-refractivity contribution in [1.29, 1.82) is 0 Å². The predicted molar refractivity (Wildman–Crippen MR) is 77.5 cm³/mol. The van der Waals surface area contributed by atoms with Crippen LogP contribution in [0.15, 0.2) is 36.6 Å². The van der Waals surface area contributed by atoms with Crippen molar-refractivity contribution in [3.8, 4) is 0 Å². The van der Waals surface area contributed by atoms with Crippen molar-refractivity contribution in [3.05, 3.63) is 47.7 Å². The summed E-state index contributed by atoms with van der Waals surface area (Å²) in [5.74, 6) is 0.785. The van der Waals surface area contributed by atoms with Crippen molar-refractivity contribution < 1.29 is 4.74 Å². The third-order valence-electron chi connectivity index (χ3n) is 2.53. The van der Waals surface area contributed by atoms with Crippen LogP contribution in [-0.2, 0) is 17.7 Å². The molecule has 0 spiro atoms. The third kappa shape index (κ3) is 5.87. The van der Waals surface area contributed by atoms with Gasteiger partial charge in [0, 0.05) is 6.54 Å². The van der Waals surface area contributed by atoms with Crippen LogP contribution in [0.5, 0.6) is 0 Å². The molecule has 0 radical (unpaired) electrons. The predicted octanol–water partition coefficient (Wildman–Crippen LogP) is 3.67. The Kier molecular flexibility index (Phi) is 5.42. The Balaban J connectivity index is 2.30. The Morgan fingerprint density at radius 2 is 1.72 bits per heavy atom. The minimum atomic E-state index is -0.165. The molecule has 1 N–H and O–H groups in total. The molecule has 1 aromatic carbocycles. The molecule has 1 aromatic rings. The number of hydrogen-bond acceptors (Lipinski definition) is 2. The monoisotopic (exact) mass is 247 g/mol. The number of aryl methyl sites for hydroxylation is 1. The highest BCUT2D eigenvalue weighted by molar-refractivity contribution is 5.22. The normalized spacial score (nSPS) is 11.3. The quantitative estimate of drug-likeness (QED) is 0.774. The van der Waals surface area contributed by atoms with E-state index < -0.39 is 0 Å². The van der Waals surface area contributed by atoms with Gasteiger partial charge >= 0.3 is 0 Å². The Morgan fingerprint density at radius 3 is 2.22 bits per heavy atom. The number of hydrogen-bond donors (Lipinski definition) is 1. The molecule has 0 amide bonds. The van der Waals surface area contributed by atoms with Crippen LogP contribution in [-0.4, -0.2) is 12.1 Å². The fraction of sp³-hybridized carbons (Fsp3) is 0.500. The Bertz CT molecular complexity index is 373. The molecule has 2 nitrogen and oxygen atoms in total. The Labute approximate surface area is 111 Å². The summed E-state index contributed by atoms with van der Waals surface area (Å²) in [4.78, 5) is 0. The molecule has 0 aliphatic carbocycles. The lowest BCUT2D eigenvalue weighted by Gasteiger charge is -2.23. The standard InChI is InChI=1S/C16H25NO/c1-6-14-7-9-15(10-8-14)12-17-11-13(2)18-16(3,4)5/h7-10,17H,2,6,11-12H2,1,3-5H3. The summed E-state index contributed by atoms with van der Waals surface area (Å²) >= 11 is 0. The molecule has 0 aliphatic rings. The molecule has 0 saturated heterocycles. The molecular formula is C16H25NO. The Morgan fingerprint density at radius 1 is 1.17 bits per heavy atom. The molecule has 18 heavy (non-hydrogen) atoms. The first-order valence-electron chi connectivity index (χ1n) is 6.56. The van der Waals surface area contributed by atoms with Gasteiger partial charge in [-0.05, 0) is 38.3 Å². The number of benzene rings is 1. The zero-order valence-electron chi connectivity index (χ0n) is 12.0. The van der Waals surface area contributed by atoms with Crippen molar-refractivity contribution in [1.82, 2.24) is 5.32 Å². The highest BCUT2D eigenvalue weighted by Gasteiger charge is 2.11. The minimum absolute atomic E-state index is 0.165. The first kappa shape index (κ1) is 14.8. The summed E-state index contributed by atoms with van der Waals surface area (Å²) in [6.45, 7) is 13.7. The largest absolute Gasteiger partial charge is 0.492 e. The van der Waals surface area contributed by atoms with E-state index in [-0.39, 0.29) is 5.60 Å². The van der Waals surface area contributed by atoms with E-state index >= 15 is 0 Å². The van der Waals surface area contributed by atoms with Crippen molar-refractivity contribution in [2.75, 3.05) is 6.54 Å². The summed E-state index contributed by atoms with van der Waals surface area (Å²) in [7, 11) is 0. The van der Waals surface area contributed by atoms with Crippen LogP contribution in [0.4, 0.5) is 0 Å². The average molecular weight is 247 g/mol. The molecule has 0 aliphatic heterocycles. The van der Waals surface area contributed by atoms with E-state index in [2.05, 4.69) is 43.1 Å². The van der Waals surface area contributed by atoms with E-state index in [0.717, 1.165) is 18.7 Å². The van der Waals surface area contributed by atoms with Gasteiger partial charge in [-0.1, -0.05) is 37.8 Å². The zero-order valence-corrected chi connectivity index (χ0v) is 12.0. The van der Waals surface area contributed by atoms with E-state index in [1.807, 2.05) is 20.8 Å². The van der Waals surface area contributed by atoms with Gasteiger partial charge in [0.15, 0.2) is 0 Å². The van der Waals surface area contributed by atoms with Crippen molar-refractivity contribution in [3.63, 3.8) is 0 Å². The zero-order chi connectivity index (χ0) is 13.6. The maximum absolute atomic E-state index is 5.66. The van der Waals surface area contributed by atoms with Crippen molar-refractivity contribution in [2.45, 2.75) is 46.3 Å². The Hall–Kier alpha value is -1.28. The van der Waals surface area contributed by atoms with Gasteiger partial charge in [0.2, 0.25) is 0 Å². The van der Waals surface area contributed by atoms with Crippen LogP contribution >= 0.6 is 0 Å².